The molecule has 1 aliphatic heterocycles. The Bertz CT molecular complexity index is 1090. The first-order valence-electron chi connectivity index (χ1n) is 10.3. The number of benzene rings is 2. The van der Waals surface area contributed by atoms with Gasteiger partial charge in [0.25, 0.3) is 0 Å². The van der Waals surface area contributed by atoms with Gasteiger partial charge in [0.2, 0.25) is 0 Å². The molecule has 1 aliphatic carbocycles. The summed E-state index contributed by atoms with van der Waals surface area (Å²) in [7, 11) is 0. The molecule has 2 aliphatic rings. The molecule has 0 spiro atoms. The molecule has 29 heavy (non-hydrogen) atoms. The van der Waals surface area contributed by atoms with Gasteiger partial charge in [-0.25, -0.2) is 9.18 Å². The Hall–Kier alpha value is -2.60. The molecule has 1 saturated heterocycles. The van der Waals surface area contributed by atoms with Crippen LogP contribution in [0.25, 0.3) is 11.0 Å². The molecule has 2 aromatic carbocycles. The third kappa shape index (κ3) is 2.97. The molecule has 152 valence electrons. The van der Waals surface area contributed by atoms with E-state index >= 15 is 0 Å². The number of hydrogen-bond acceptors (Lipinski definition) is 3. The number of nitrogens with zero attached hydrogens (tertiary/aromatic N) is 3. The van der Waals surface area contributed by atoms with Crippen LogP contribution < -0.4 is 10.6 Å². The Morgan fingerprint density at radius 1 is 0.897 bits per heavy atom. The van der Waals surface area contributed by atoms with Crippen LogP contribution in [0, 0.1) is 5.82 Å². The summed E-state index contributed by atoms with van der Waals surface area (Å²) < 4.78 is 15.1. The Labute approximate surface area is 169 Å². The van der Waals surface area contributed by atoms with Crippen LogP contribution in [0.3, 0.4) is 0 Å². The van der Waals surface area contributed by atoms with Crippen molar-refractivity contribution in [3.05, 3.63) is 64.8 Å². The van der Waals surface area contributed by atoms with E-state index in [0.717, 1.165) is 55.7 Å². The van der Waals surface area contributed by atoms with E-state index in [2.05, 4.69) is 28.6 Å². The van der Waals surface area contributed by atoms with Gasteiger partial charge >= 0.3 is 5.69 Å². The minimum absolute atomic E-state index is 0.0168. The monoisotopic (exact) mass is 394 g/mol. The number of rotatable bonds is 3. The van der Waals surface area contributed by atoms with Gasteiger partial charge in [-0.3, -0.25) is 9.47 Å². The van der Waals surface area contributed by atoms with E-state index in [1.807, 2.05) is 41.0 Å². The lowest BCUT2D eigenvalue weighted by molar-refractivity contribution is -0.0580. The quantitative estimate of drug-likeness (QED) is 0.739. The second kappa shape index (κ2) is 6.46. The van der Waals surface area contributed by atoms with E-state index < -0.39 is 0 Å². The maximum absolute atomic E-state index is 13.2. The number of hydrogen-bond donors (Lipinski definition) is 1. The smallest absolute Gasteiger partial charge is 0.326 e. The van der Waals surface area contributed by atoms with Gasteiger partial charge in [-0.05, 0) is 63.1 Å². The fourth-order valence-electron chi connectivity index (χ4n) is 5.72. The van der Waals surface area contributed by atoms with Gasteiger partial charge in [-0.2, -0.15) is 0 Å². The molecule has 1 saturated carbocycles. The number of H-pyrrole nitrogens is 1. The number of imidazole rings is 1. The molecule has 0 atom stereocenters. The summed E-state index contributed by atoms with van der Waals surface area (Å²) in [5.74, 6) is -0.193. The lowest BCUT2D eigenvalue weighted by atomic mass is 9.63. The molecule has 2 fully saturated rings. The Kier molecular flexibility index (Phi) is 4.10. The van der Waals surface area contributed by atoms with Crippen molar-refractivity contribution in [3.8, 4) is 0 Å². The topological polar surface area (TPSA) is 44.3 Å². The maximum Gasteiger partial charge on any atom is 0.326 e. The Morgan fingerprint density at radius 2 is 1.55 bits per heavy atom. The zero-order chi connectivity index (χ0) is 20.2. The van der Waals surface area contributed by atoms with Crippen molar-refractivity contribution in [1.82, 2.24) is 14.5 Å². The summed E-state index contributed by atoms with van der Waals surface area (Å²) in [4.78, 5) is 20.5. The van der Waals surface area contributed by atoms with Crippen LogP contribution in [-0.2, 0) is 5.54 Å². The summed E-state index contributed by atoms with van der Waals surface area (Å²) in [6.07, 6.45) is 1.91. The first-order chi connectivity index (χ1) is 13.9. The van der Waals surface area contributed by atoms with Gasteiger partial charge in [0.1, 0.15) is 5.82 Å². The molecule has 5 rings (SSSR count). The molecule has 1 N–H and O–H groups in total. The SMILES string of the molecule is CC1(N2CCN(c3ccc(F)cc3)CC2)CC(C)(n2c(=O)[nH]c3ccccc32)C1. The number of aromatic amines is 1. The van der Waals surface area contributed by atoms with Crippen LogP contribution >= 0.6 is 0 Å². The Balaban J connectivity index is 1.30. The number of nitrogens with one attached hydrogen (secondary N) is 1. The minimum atomic E-state index is -0.193. The highest BCUT2D eigenvalue weighted by molar-refractivity contribution is 5.75. The molecule has 0 radical (unpaired) electrons. The largest absolute Gasteiger partial charge is 0.369 e. The van der Waals surface area contributed by atoms with Crippen molar-refractivity contribution in [2.24, 2.45) is 0 Å². The minimum Gasteiger partial charge on any atom is -0.369 e. The lowest BCUT2D eigenvalue weighted by Crippen LogP contribution is -2.67. The first-order valence-corrected chi connectivity index (χ1v) is 10.3. The molecular weight excluding hydrogens is 367 g/mol. The fraction of sp³-hybridized carbons (Fsp3) is 0.435. The van der Waals surface area contributed by atoms with Gasteiger partial charge < -0.3 is 9.88 Å². The highest BCUT2D eigenvalue weighted by atomic mass is 19.1. The highest BCUT2D eigenvalue weighted by Gasteiger charge is 2.54. The van der Waals surface area contributed by atoms with Crippen LogP contribution in [-0.4, -0.2) is 46.2 Å². The van der Waals surface area contributed by atoms with Crippen molar-refractivity contribution in [2.75, 3.05) is 31.1 Å². The van der Waals surface area contributed by atoms with Gasteiger partial charge in [0.15, 0.2) is 0 Å². The van der Waals surface area contributed by atoms with E-state index in [1.54, 1.807) is 0 Å². The molecule has 2 heterocycles. The van der Waals surface area contributed by atoms with Crippen molar-refractivity contribution >= 4 is 16.7 Å². The molecule has 1 aromatic heterocycles. The molecular formula is C23H27FN4O. The summed E-state index contributed by atoms with van der Waals surface area (Å²) in [6.45, 7) is 8.35. The van der Waals surface area contributed by atoms with E-state index in [-0.39, 0.29) is 22.6 Å². The van der Waals surface area contributed by atoms with E-state index in [9.17, 15) is 9.18 Å². The second-order valence-electron chi connectivity index (χ2n) is 9.08. The summed E-state index contributed by atoms with van der Waals surface area (Å²) in [5, 5.41) is 0. The number of anilines is 1. The zero-order valence-electron chi connectivity index (χ0n) is 17.0. The number of aromatic nitrogens is 2. The van der Waals surface area contributed by atoms with E-state index in [4.69, 9.17) is 0 Å². The lowest BCUT2D eigenvalue weighted by Gasteiger charge is -2.59. The van der Waals surface area contributed by atoms with Crippen LogP contribution in [0.5, 0.6) is 0 Å². The average molecular weight is 394 g/mol. The van der Waals surface area contributed by atoms with Crippen LogP contribution in [0.2, 0.25) is 0 Å². The predicted molar refractivity (Wildman–Crippen MR) is 114 cm³/mol. The zero-order valence-corrected chi connectivity index (χ0v) is 17.0. The molecule has 3 aromatic rings. The van der Waals surface area contributed by atoms with Crippen LogP contribution in [0.4, 0.5) is 10.1 Å². The fourth-order valence-corrected chi connectivity index (χ4v) is 5.72. The van der Waals surface area contributed by atoms with Crippen molar-refractivity contribution < 1.29 is 4.39 Å². The normalized spacial score (nSPS) is 27.9. The summed E-state index contributed by atoms with van der Waals surface area (Å²) in [5.41, 5.74) is 2.89. The van der Waals surface area contributed by atoms with Crippen molar-refractivity contribution in [2.45, 2.75) is 37.8 Å². The van der Waals surface area contributed by atoms with Crippen molar-refractivity contribution in [1.29, 1.82) is 0 Å². The van der Waals surface area contributed by atoms with E-state index in [0.29, 0.717) is 0 Å². The third-order valence-electron chi connectivity index (χ3n) is 6.89. The van der Waals surface area contributed by atoms with Crippen LogP contribution in [0.1, 0.15) is 26.7 Å². The predicted octanol–water partition coefficient (Wildman–Crippen LogP) is 3.56. The second-order valence-corrected chi connectivity index (χ2v) is 9.08. The van der Waals surface area contributed by atoms with Gasteiger partial charge in [0, 0.05) is 37.4 Å². The first kappa shape index (κ1) is 18.4. The summed E-state index contributed by atoms with van der Waals surface area (Å²) in [6, 6.07) is 14.7. The maximum atomic E-state index is 13.2. The number of fused-ring (bicyclic) bond motifs is 1. The molecule has 5 nitrogen and oxygen atoms in total. The molecule has 0 amide bonds. The highest BCUT2D eigenvalue weighted by Crippen LogP contribution is 2.50. The average Bonchev–Trinajstić information content (AvgIpc) is 3.04. The summed E-state index contributed by atoms with van der Waals surface area (Å²) >= 11 is 0. The number of halogens is 1. The van der Waals surface area contributed by atoms with Crippen molar-refractivity contribution in [3.63, 3.8) is 0 Å². The van der Waals surface area contributed by atoms with Gasteiger partial charge in [-0.1, -0.05) is 12.1 Å². The van der Waals surface area contributed by atoms with Gasteiger partial charge in [0.05, 0.1) is 16.6 Å². The molecule has 0 unspecified atom stereocenters. The Morgan fingerprint density at radius 3 is 2.24 bits per heavy atom. The molecule has 6 heteroatoms. The number of piperazine rings is 1. The van der Waals surface area contributed by atoms with Crippen LogP contribution in [0.15, 0.2) is 53.3 Å². The van der Waals surface area contributed by atoms with E-state index in [1.165, 1.54) is 12.1 Å². The number of para-hydroxylation sites is 2. The molecule has 0 bridgehead atoms. The van der Waals surface area contributed by atoms with Gasteiger partial charge in [-0.15, -0.1) is 0 Å². The standard InChI is InChI=1S/C23H27FN4O/c1-22(27-13-11-26(12-14-27)18-9-7-17(24)8-10-18)15-23(2,16-22)28-20-6-4-3-5-19(20)25-21(28)29/h3-10H,11-16H2,1-2H3,(H,25,29). The third-order valence-corrected chi connectivity index (χ3v) is 6.89.